The van der Waals surface area contributed by atoms with Gasteiger partial charge in [0.05, 0.1) is 11.5 Å². The van der Waals surface area contributed by atoms with Gasteiger partial charge in [-0.05, 0) is 26.0 Å². The fraction of sp³-hybridized carbons (Fsp3) is 0.429. The van der Waals surface area contributed by atoms with Crippen LogP contribution >= 0.6 is 0 Å². The fourth-order valence-corrected chi connectivity index (χ4v) is 2.89. The van der Waals surface area contributed by atoms with E-state index in [4.69, 9.17) is 4.74 Å². The zero-order chi connectivity index (χ0) is 16.0. The number of Topliss-reactive ketones (excluding diaryl/α,β-unsaturated/α-hetero) is 1. The Labute approximate surface area is 124 Å². The summed E-state index contributed by atoms with van der Waals surface area (Å²) in [4.78, 5) is 23.0. The summed E-state index contributed by atoms with van der Waals surface area (Å²) in [7, 11) is -3.89. The molecule has 0 saturated carbocycles. The Morgan fingerprint density at radius 1 is 1.29 bits per heavy atom. The Bertz CT molecular complexity index is 624. The van der Waals surface area contributed by atoms with E-state index < -0.39 is 22.0 Å². The van der Waals surface area contributed by atoms with E-state index in [1.54, 1.807) is 19.9 Å². The molecule has 0 amide bonds. The third-order valence-electron chi connectivity index (χ3n) is 2.76. The molecule has 116 valence electrons. The number of nitrogens with one attached hydrogen (secondary N) is 1. The van der Waals surface area contributed by atoms with E-state index in [1.165, 1.54) is 25.1 Å². The van der Waals surface area contributed by atoms with Gasteiger partial charge in [0.15, 0.2) is 5.78 Å². The molecule has 0 aliphatic carbocycles. The Balaban J connectivity index is 2.98. The van der Waals surface area contributed by atoms with Crippen LogP contribution in [0, 0.1) is 0 Å². The lowest BCUT2D eigenvalue weighted by molar-refractivity contribution is -0.144. The summed E-state index contributed by atoms with van der Waals surface area (Å²) in [6, 6.07) is 4.71. The van der Waals surface area contributed by atoms with Gasteiger partial charge in [0.25, 0.3) is 0 Å². The number of esters is 1. The van der Waals surface area contributed by atoms with Gasteiger partial charge in [0.2, 0.25) is 10.0 Å². The van der Waals surface area contributed by atoms with Crippen molar-refractivity contribution in [2.75, 3.05) is 6.61 Å². The smallest absolute Gasteiger partial charge is 0.323 e. The molecular formula is C14H19NO5S. The van der Waals surface area contributed by atoms with Crippen LogP contribution in [0.15, 0.2) is 29.2 Å². The number of rotatable bonds is 7. The van der Waals surface area contributed by atoms with Crippen LogP contribution in [-0.4, -0.2) is 32.8 Å². The van der Waals surface area contributed by atoms with Crippen LogP contribution < -0.4 is 4.72 Å². The molecule has 0 fully saturated rings. The molecule has 1 aromatic carbocycles. The van der Waals surface area contributed by atoms with Gasteiger partial charge in [-0.2, -0.15) is 4.72 Å². The molecule has 0 aliphatic rings. The maximum Gasteiger partial charge on any atom is 0.323 e. The third kappa shape index (κ3) is 4.64. The number of hydrogen-bond acceptors (Lipinski definition) is 5. The van der Waals surface area contributed by atoms with E-state index >= 15 is 0 Å². The van der Waals surface area contributed by atoms with Crippen LogP contribution in [0.1, 0.15) is 37.6 Å². The second kappa shape index (κ2) is 7.33. The van der Waals surface area contributed by atoms with E-state index in [0.29, 0.717) is 5.56 Å². The molecule has 1 aromatic rings. The molecular weight excluding hydrogens is 294 g/mol. The van der Waals surface area contributed by atoms with Crippen LogP contribution in [0.4, 0.5) is 0 Å². The largest absolute Gasteiger partial charge is 0.465 e. The Morgan fingerprint density at radius 2 is 1.95 bits per heavy atom. The second-order valence-corrected chi connectivity index (χ2v) is 6.11. The van der Waals surface area contributed by atoms with Crippen LogP contribution in [0.25, 0.3) is 0 Å². The van der Waals surface area contributed by atoms with Gasteiger partial charge in [-0.15, -0.1) is 0 Å². The maximum atomic E-state index is 12.2. The molecule has 7 heteroatoms. The van der Waals surface area contributed by atoms with Crippen molar-refractivity contribution in [1.82, 2.24) is 4.72 Å². The normalized spacial score (nSPS) is 12.7. The molecule has 1 N–H and O–H groups in total. The van der Waals surface area contributed by atoms with Crippen LogP contribution in [0.5, 0.6) is 0 Å². The molecule has 0 radical (unpaired) electrons. The average molecular weight is 313 g/mol. The minimum atomic E-state index is -3.89. The summed E-state index contributed by atoms with van der Waals surface area (Å²) in [5, 5.41) is 0. The minimum Gasteiger partial charge on any atom is -0.465 e. The van der Waals surface area contributed by atoms with E-state index in [2.05, 4.69) is 4.72 Å². The van der Waals surface area contributed by atoms with Crippen molar-refractivity contribution in [3.63, 3.8) is 0 Å². The highest BCUT2D eigenvalue weighted by Gasteiger charge is 2.23. The molecule has 0 spiro atoms. The fourth-order valence-electron chi connectivity index (χ4n) is 1.66. The molecule has 0 aromatic heterocycles. The molecule has 0 bridgehead atoms. The van der Waals surface area contributed by atoms with Crippen molar-refractivity contribution in [1.29, 1.82) is 0 Å². The predicted octanol–water partition coefficient (Wildman–Crippen LogP) is 1.51. The Hall–Kier alpha value is -1.73. The lowest BCUT2D eigenvalue weighted by Crippen LogP contribution is -2.39. The van der Waals surface area contributed by atoms with E-state index in [0.717, 1.165) is 0 Å². The van der Waals surface area contributed by atoms with Crippen molar-refractivity contribution in [2.24, 2.45) is 0 Å². The third-order valence-corrected chi connectivity index (χ3v) is 4.30. The first-order valence-corrected chi connectivity index (χ1v) is 8.12. The number of ether oxygens (including phenoxy) is 1. The first kappa shape index (κ1) is 17.3. The Kier molecular flexibility index (Phi) is 6.04. The summed E-state index contributed by atoms with van der Waals surface area (Å²) >= 11 is 0. The number of benzene rings is 1. The molecule has 1 atom stereocenters. The van der Waals surface area contributed by atoms with Crippen LogP contribution in [-0.2, 0) is 19.6 Å². The van der Waals surface area contributed by atoms with E-state index in [-0.39, 0.29) is 23.7 Å². The number of carbonyl (C=O) groups is 2. The number of carbonyl (C=O) groups excluding carboxylic acids is 2. The minimum absolute atomic E-state index is 0.0575. The highest BCUT2D eigenvalue weighted by atomic mass is 32.2. The van der Waals surface area contributed by atoms with Gasteiger partial charge in [-0.3, -0.25) is 9.59 Å². The van der Waals surface area contributed by atoms with Crippen molar-refractivity contribution >= 4 is 21.8 Å². The van der Waals surface area contributed by atoms with Crippen molar-refractivity contribution in [3.05, 3.63) is 29.8 Å². The van der Waals surface area contributed by atoms with E-state index in [1.807, 2.05) is 0 Å². The zero-order valence-electron chi connectivity index (χ0n) is 12.3. The summed E-state index contributed by atoms with van der Waals surface area (Å²) < 4.78 is 31.3. The number of ketones is 1. The SMILES string of the molecule is CCOC(=O)C(C)NS(=O)(=O)c1cccc(C(=O)CC)c1. The predicted molar refractivity (Wildman–Crippen MR) is 77.5 cm³/mol. The zero-order valence-corrected chi connectivity index (χ0v) is 13.1. The lowest BCUT2D eigenvalue weighted by Gasteiger charge is -2.13. The van der Waals surface area contributed by atoms with Crippen molar-refractivity contribution in [3.8, 4) is 0 Å². The van der Waals surface area contributed by atoms with Gasteiger partial charge in [-0.25, -0.2) is 8.42 Å². The second-order valence-electron chi connectivity index (χ2n) is 4.40. The quantitative estimate of drug-likeness (QED) is 0.609. The molecule has 6 nitrogen and oxygen atoms in total. The van der Waals surface area contributed by atoms with Gasteiger partial charge >= 0.3 is 5.97 Å². The molecule has 21 heavy (non-hydrogen) atoms. The van der Waals surface area contributed by atoms with Gasteiger partial charge in [-0.1, -0.05) is 19.1 Å². The number of hydrogen-bond donors (Lipinski definition) is 1. The Morgan fingerprint density at radius 3 is 2.52 bits per heavy atom. The molecule has 0 saturated heterocycles. The summed E-state index contributed by atoms with van der Waals surface area (Å²) in [6.45, 7) is 4.91. The summed E-state index contributed by atoms with van der Waals surface area (Å²) in [5.74, 6) is -0.799. The maximum absolute atomic E-state index is 12.2. The van der Waals surface area contributed by atoms with Crippen molar-refractivity contribution < 1.29 is 22.7 Å². The summed E-state index contributed by atoms with van der Waals surface area (Å²) in [5.41, 5.74) is 0.323. The first-order chi connectivity index (χ1) is 9.81. The van der Waals surface area contributed by atoms with Crippen LogP contribution in [0.2, 0.25) is 0 Å². The lowest BCUT2D eigenvalue weighted by atomic mass is 10.1. The van der Waals surface area contributed by atoms with Crippen LogP contribution in [0.3, 0.4) is 0 Å². The average Bonchev–Trinajstić information content (AvgIpc) is 2.46. The van der Waals surface area contributed by atoms with Crippen molar-refractivity contribution in [2.45, 2.75) is 38.1 Å². The topological polar surface area (TPSA) is 89.5 Å². The monoisotopic (exact) mass is 313 g/mol. The highest BCUT2D eigenvalue weighted by Crippen LogP contribution is 2.13. The molecule has 1 rings (SSSR count). The van der Waals surface area contributed by atoms with E-state index in [9.17, 15) is 18.0 Å². The van der Waals surface area contributed by atoms with Gasteiger partial charge in [0.1, 0.15) is 6.04 Å². The van der Waals surface area contributed by atoms with Gasteiger partial charge < -0.3 is 4.74 Å². The first-order valence-electron chi connectivity index (χ1n) is 6.64. The number of sulfonamides is 1. The van der Waals surface area contributed by atoms with Gasteiger partial charge in [0, 0.05) is 12.0 Å². The highest BCUT2D eigenvalue weighted by molar-refractivity contribution is 7.89. The molecule has 0 heterocycles. The molecule has 0 aliphatic heterocycles. The molecule has 1 unspecified atom stereocenters. The standard InChI is InChI=1S/C14H19NO5S/c1-4-13(16)11-7-6-8-12(9-11)21(18,19)15-10(3)14(17)20-5-2/h6-10,15H,4-5H2,1-3H3. The summed E-state index contributed by atoms with van der Waals surface area (Å²) in [6.07, 6.45) is 0.288.